The Morgan fingerprint density at radius 2 is 1.73 bits per heavy atom. The number of hydrogen-bond acceptors (Lipinski definition) is 3. The molecule has 0 atom stereocenters. The normalized spacial score (nSPS) is 14.8. The van der Waals surface area contributed by atoms with E-state index in [1.807, 2.05) is 30.3 Å². The van der Waals surface area contributed by atoms with Crippen molar-refractivity contribution in [2.45, 2.75) is 13.0 Å². The van der Waals surface area contributed by atoms with Crippen molar-refractivity contribution in [3.63, 3.8) is 0 Å². The predicted octanol–water partition coefficient (Wildman–Crippen LogP) is 1.08. The van der Waals surface area contributed by atoms with Crippen LogP contribution in [0.3, 0.4) is 0 Å². The predicted molar refractivity (Wildman–Crippen MR) is 83.3 cm³/mol. The smallest absolute Gasteiger partial charge is 0.317 e. The molecule has 1 N–H and O–H groups in total. The summed E-state index contributed by atoms with van der Waals surface area (Å²) in [6.45, 7) is 3.28. The lowest BCUT2D eigenvalue weighted by molar-refractivity contribution is -0.133. The standard InChI is InChI=1S/C16H23N3O3/c1-17-16(21)19-10-8-18(9-11-19)15(20)7-12-22-13-14-5-3-2-4-6-14/h2-6H,7-13H2,1H3,(H,17,21). The summed E-state index contributed by atoms with van der Waals surface area (Å²) < 4.78 is 5.54. The first-order valence-electron chi connectivity index (χ1n) is 7.57. The highest BCUT2D eigenvalue weighted by Gasteiger charge is 2.23. The fourth-order valence-electron chi connectivity index (χ4n) is 2.40. The van der Waals surface area contributed by atoms with Crippen LogP contribution in [-0.2, 0) is 16.1 Å². The lowest BCUT2D eigenvalue weighted by atomic mass is 10.2. The minimum atomic E-state index is -0.0849. The van der Waals surface area contributed by atoms with Crippen molar-refractivity contribution < 1.29 is 14.3 Å². The zero-order valence-corrected chi connectivity index (χ0v) is 13.0. The molecule has 1 aromatic rings. The zero-order chi connectivity index (χ0) is 15.8. The Bertz CT molecular complexity index is 485. The number of carbonyl (C=O) groups excluding carboxylic acids is 2. The monoisotopic (exact) mass is 305 g/mol. The molecule has 0 radical (unpaired) electrons. The van der Waals surface area contributed by atoms with E-state index in [1.54, 1.807) is 16.8 Å². The Morgan fingerprint density at radius 1 is 1.09 bits per heavy atom. The summed E-state index contributed by atoms with van der Waals surface area (Å²) in [7, 11) is 1.62. The van der Waals surface area contributed by atoms with Crippen LogP contribution in [-0.4, -0.2) is 61.6 Å². The number of nitrogens with zero attached hydrogens (tertiary/aromatic N) is 2. The highest BCUT2D eigenvalue weighted by molar-refractivity contribution is 5.77. The number of rotatable bonds is 5. The minimum absolute atomic E-state index is 0.0849. The number of urea groups is 1. The molecule has 2 rings (SSSR count). The zero-order valence-electron chi connectivity index (χ0n) is 13.0. The summed E-state index contributed by atoms with van der Waals surface area (Å²) in [5.74, 6) is 0.0876. The molecule has 1 aliphatic heterocycles. The van der Waals surface area contributed by atoms with Gasteiger partial charge in [0.1, 0.15) is 0 Å². The van der Waals surface area contributed by atoms with Gasteiger partial charge in [0.05, 0.1) is 19.6 Å². The molecule has 1 saturated heterocycles. The summed E-state index contributed by atoms with van der Waals surface area (Å²) in [5.41, 5.74) is 1.11. The van der Waals surface area contributed by atoms with Gasteiger partial charge in [-0.1, -0.05) is 30.3 Å². The van der Waals surface area contributed by atoms with Crippen molar-refractivity contribution in [3.8, 4) is 0 Å². The van der Waals surface area contributed by atoms with E-state index in [4.69, 9.17) is 4.74 Å². The number of hydrogen-bond donors (Lipinski definition) is 1. The third-order valence-electron chi connectivity index (χ3n) is 3.71. The minimum Gasteiger partial charge on any atom is -0.376 e. The van der Waals surface area contributed by atoms with E-state index in [0.29, 0.717) is 45.8 Å². The average Bonchev–Trinajstić information content (AvgIpc) is 2.59. The number of benzene rings is 1. The maximum Gasteiger partial charge on any atom is 0.317 e. The van der Waals surface area contributed by atoms with Gasteiger partial charge in [-0.25, -0.2) is 4.79 Å². The SMILES string of the molecule is CNC(=O)N1CCN(C(=O)CCOCc2ccccc2)CC1. The summed E-state index contributed by atoms with van der Waals surface area (Å²) in [5, 5.41) is 2.60. The molecule has 0 saturated carbocycles. The van der Waals surface area contributed by atoms with Gasteiger partial charge in [0.2, 0.25) is 5.91 Å². The number of amides is 3. The van der Waals surface area contributed by atoms with Crippen LogP contribution in [0.25, 0.3) is 0 Å². The average molecular weight is 305 g/mol. The molecule has 1 aliphatic rings. The summed E-state index contributed by atoms with van der Waals surface area (Å²) in [6.07, 6.45) is 0.382. The molecule has 6 heteroatoms. The van der Waals surface area contributed by atoms with Gasteiger partial charge in [-0.2, -0.15) is 0 Å². The van der Waals surface area contributed by atoms with Gasteiger partial charge >= 0.3 is 6.03 Å². The second-order valence-corrected chi connectivity index (χ2v) is 5.21. The van der Waals surface area contributed by atoms with Crippen LogP contribution in [0.2, 0.25) is 0 Å². The van der Waals surface area contributed by atoms with Crippen molar-refractivity contribution >= 4 is 11.9 Å². The van der Waals surface area contributed by atoms with E-state index in [9.17, 15) is 9.59 Å². The van der Waals surface area contributed by atoms with E-state index in [1.165, 1.54) is 0 Å². The van der Waals surface area contributed by atoms with Gasteiger partial charge < -0.3 is 19.9 Å². The lowest BCUT2D eigenvalue weighted by Gasteiger charge is -2.34. The molecule has 1 heterocycles. The van der Waals surface area contributed by atoms with Gasteiger partial charge in [0.15, 0.2) is 0 Å². The van der Waals surface area contributed by atoms with Gasteiger partial charge in [-0.15, -0.1) is 0 Å². The molecule has 120 valence electrons. The molecular weight excluding hydrogens is 282 g/mol. The molecular formula is C16H23N3O3. The first-order chi connectivity index (χ1) is 10.7. The number of ether oxygens (including phenoxy) is 1. The van der Waals surface area contributed by atoms with Crippen molar-refractivity contribution in [2.24, 2.45) is 0 Å². The van der Waals surface area contributed by atoms with Crippen LogP contribution in [0.4, 0.5) is 4.79 Å². The molecule has 0 aliphatic carbocycles. The topological polar surface area (TPSA) is 61.9 Å². The number of nitrogens with one attached hydrogen (secondary N) is 1. The van der Waals surface area contributed by atoms with E-state index in [-0.39, 0.29) is 11.9 Å². The molecule has 3 amide bonds. The van der Waals surface area contributed by atoms with Gasteiger partial charge in [-0.3, -0.25) is 4.79 Å². The fraction of sp³-hybridized carbons (Fsp3) is 0.500. The Morgan fingerprint density at radius 3 is 2.36 bits per heavy atom. The first-order valence-corrected chi connectivity index (χ1v) is 7.57. The molecule has 0 unspecified atom stereocenters. The maximum absolute atomic E-state index is 12.1. The number of piperazine rings is 1. The largest absolute Gasteiger partial charge is 0.376 e. The van der Waals surface area contributed by atoms with Crippen LogP contribution >= 0.6 is 0 Å². The first kappa shape index (κ1) is 16.3. The van der Waals surface area contributed by atoms with Crippen LogP contribution in [0, 0.1) is 0 Å². The van der Waals surface area contributed by atoms with Crippen LogP contribution in [0.5, 0.6) is 0 Å². The molecule has 0 spiro atoms. The summed E-state index contributed by atoms with van der Waals surface area (Å²) in [4.78, 5) is 27.1. The molecule has 6 nitrogen and oxygen atoms in total. The third-order valence-corrected chi connectivity index (χ3v) is 3.71. The molecule has 0 bridgehead atoms. The van der Waals surface area contributed by atoms with Crippen molar-refractivity contribution in [1.29, 1.82) is 0 Å². The second kappa shape index (κ2) is 8.38. The van der Waals surface area contributed by atoms with Crippen molar-refractivity contribution in [3.05, 3.63) is 35.9 Å². The highest BCUT2D eigenvalue weighted by atomic mass is 16.5. The quantitative estimate of drug-likeness (QED) is 0.828. The summed E-state index contributed by atoms with van der Waals surface area (Å²) in [6, 6.07) is 9.81. The van der Waals surface area contributed by atoms with Crippen LogP contribution in [0.1, 0.15) is 12.0 Å². The van der Waals surface area contributed by atoms with Gasteiger partial charge in [-0.05, 0) is 5.56 Å². The maximum atomic E-state index is 12.1. The highest BCUT2D eigenvalue weighted by Crippen LogP contribution is 2.05. The summed E-state index contributed by atoms with van der Waals surface area (Å²) >= 11 is 0. The Kier molecular flexibility index (Phi) is 6.21. The van der Waals surface area contributed by atoms with Gasteiger partial charge in [0, 0.05) is 33.2 Å². The number of carbonyl (C=O) groups is 2. The lowest BCUT2D eigenvalue weighted by Crippen LogP contribution is -2.52. The van der Waals surface area contributed by atoms with Crippen molar-refractivity contribution in [2.75, 3.05) is 39.8 Å². The Hall–Kier alpha value is -2.08. The fourth-order valence-corrected chi connectivity index (χ4v) is 2.40. The van der Waals surface area contributed by atoms with Crippen LogP contribution in [0.15, 0.2) is 30.3 Å². The van der Waals surface area contributed by atoms with Crippen LogP contribution < -0.4 is 5.32 Å². The van der Waals surface area contributed by atoms with Crippen molar-refractivity contribution in [1.82, 2.24) is 15.1 Å². The second-order valence-electron chi connectivity index (χ2n) is 5.21. The van der Waals surface area contributed by atoms with E-state index in [0.717, 1.165) is 5.56 Å². The molecule has 22 heavy (non-hydrogen) atoms. The molecule has 1 fully saturated rings. The third kappa shape index (κ3) is 4.73. The van der Waals surface area contributed by atoms with Gasteiger partial charge in [0.25, 0.3) is 0 Å². The molecule has 0 aromatic heterocycles. The Labute approximate surface area is 131 Å². The van der Waals surface area contributed by atoms with E-state index < -0.39 is 0 Å². The Balaban J connectivity index is 1.63. The van der Waals surface area contributed by atoms with E-state index in [2.05, 4.69) is 5.32 Å². The molecule has 1 aromatic carbocycles. The van der Waals surface area contributed by atoms with E-state index >= 15 is 0 Å².